The van der Waals surface area contributed by atoms with E-state index < -0.39 is 48.4 Å². The summed E-state index contributed by atoms with van der Waals surface area (Å²) in [5.41, 5.74) is 21.4. The molecule has 30 heavy (non-hydrogen) atoms. The second-order valence-corrected chi connectivity index (χ2v) is 6.76. The molecule has 0 radical (unpaired) electrons. The van der Waals surface area contributed by atoms with Crippen molar-refractivity contribution in [2.75, 3.05) is 19.6 Å². The summed E-state index contributed by atoms with van der Waals surface area (Å²) < 4.78 is 0. The van der Waals surface area contributed by atoms with E-state index >= 15 is 0 Å². The Morgan fingerprint density at radius 2 is 1.60 bits per heavy atom. The highest BCUT2D eigenvalue weighted by atomic mass is 16.4. The minimum Gasteiger partial charge on any atom is -0.480 e. The first-order valence-corrected chi connectivity index (χ1v) is 9.69. The molecule has 0 aliphatic rings. The zero-order chi connectivity index (χ0) is 23.1. The number of hydrogen-bond donors (Lipinski definition) is 8. The number of unbranched alkanes of at least 4 members (excludes halogenated alkanes) is 1. The van der Waals surface area contributed by atoms with E-state index in [0.717, 1.165) is 0 Å². The van der Waals surface area contributed by atoms with Crippen LogP contribution < -0.4 is 38.9 Å². The van der Waals surface area contributed by atoms with E-state index in [2.05, 4.69) is 20.9 Å². The summed E-state index contributed by atoms with van der Waals surface area (Å²) in [6.07, 6.45) is 2.01. The molecule has 0 aromatic heterocycles. The van der Waals surface area contributed by atoms with Crippen molar-refractivity contribution in [1.82, 2.24) is 16.0 Å². The number of hydrogen-bond acceptors (Lipinski definition) is 7. The highest BCUT2D eigenvalue weighted by Crippen LogP contribution is 2.01. The van der Waals surface area contributed by atoms with Crippen LogP contribution in [0.5, 0.6) is 0 Å². The van der Waals surface area contributed by atoms with Crippen LogP contribution in [0.3, 0.4) is 0 Å². The van der Waals surface area contributed by atoms with E-state index in [1.165, 1.54) is 6.92 Å². The van der Waals surface area contributed by atoms with Gasteiger partial charge in [0.1, 0.15) is 12.1 Å². The lowest BCUT2D eigenvalue weighted by Gasteiger charge is -2.20. The number of aliphatic imine (C=N–C) groups is 1. The number of nitrogens with one attached hydrogen (secondary N) is 3. The van der Waals surface area contributed by atoms with Crippen molar-refractivity contribution in [3.63, 3.8) is 0 Å². The molecular formula is C17H34N8O5. The van der Waals surface area contributed by atoms with E-state index in [0.29, 0.717) is 25.8 Å². The van der Waals surface area contributed by atoms with Crippen LogP contribution in [0.4, 0.5) is 0 Å². The maximum absolute atomic E-state index is 12.4. The highest BCUT2D eigenvalue weighted by molar-refractivity contribution is 5.92. The maximum Gasteiger partial charge on any atom is 0.326 e. The smallest absolute Gasteiger partial charge is 0.326 e. The number of nitrogens with two attached hydrogens (primary N) is 4. The minimum atomic E-state index is -1.17. The van der Waals surface area contributed by atoms with Gasteiger partial charge >= 0.3 is 5.97 Å². The Kier molecular flexibility index (Phi) is 13.5. The number of carbonyl (C=O) groups excluding carboxylic acids is 3. The topological polar surface area (TPSA) is 241 Å². The summed E-state index contributed by atoms with van der Waals surface area (Å²) in [6, 6.07) is -2.86. The quantitative estimate of drug-likeness (QED) is 0.0735. The number of carboxylic acid groups (broad SMARTS) is 1. The van der Waals surface area contributed by atoms with Crippen molar-refractivity contribution in [1.29, 1.82) is 0 Å². The molecule has 13 nitrogen and oxygen atoms in total. The zero-order valence-corrected chi connectivity index (χ0v) is 17.2. The van der Waals surface area contributed by atoms with E-state index in [4.69, 9.17) is 22.9 Å². The monoisotopic (exact) mass is 430 g/mol. The largest absolute Gasteiger partial charge is 0.480 e. The zero-order valence-electron chi connectivity index (χ0n) is 17.2. The lowest BCUT2D eigenvalue weighted by molar-refractivity contribution is -0.142. The first-order valence-electron chi connectivity index (χ1n) is 9.69. The van der Waals surface area contributed by atoms with Crippen LogP contribution in [-0.4, -0.2) is 72.5 Å². The number of amides is 3. The van der Waals surface area contributed by atoms with Gasteiger partial charge in [-0.3, -0.25) is 19.4 Å². The van der Waals surface area contributed by atoms with Crippen LogP contribution in [0.2, 0.25) is 0 Å². The second-order valence-electron chi connectivity index (χ2n) is 6.76. The van der Waals surface area contributed by atoms with Crippen molar-refractivity contribution in [3.05, 3.63) is 0 Å². The van der Waals surface area contributed by atoms with E-state index in [-0.39, 0.29) is 25.3 Å². The molecule has 172 valence electrons. The average molecular weight is 431 g/mol. The number of rotatable bonds is 15. The first kappa shape index (κ1) is 27.1. The van der Waals surface area contributed by atoms with Gasteiger partial charge in [0.25, 0.3) is 0 Å². The SMILES string of the molecule is CC(N)C(=O)NC(CCCN=C(N)N)C(=O)NCC(=O)NC(CCCCN)C(=O)O. The summed E-state index contributed by atoms with van der Waals surface area (Å²) in [4.78, 5) is 51.3. The fourth-order valence-corrected chi connectivity index (χ4v) is 2.36. The molecule has 0 heterocycles. The Morgan fingerprint density at radius 1 is 0.967 bits per heavy atom. The third kappa shape index (κ3) is 12.5. The van der Waals surface area contributed by atoms with E-state index in [1.54, 1.807) is 0 Å². The summed E-state index contributed by atoms with van der Waals surface area (Å²) in [5, 5.41) is 16.4. The first-order chi connectivity index (χ1) is 14.1. The number of guanidine groups is 1. The van der Waals surface area contributed by atoms with Gasteiger partial charge in [-0.25, -0.2) is 4.79 Å². The number of carbonyl (C=O) groups is 4. The van der Waals surface area contributed by atoms with Crippen LogP contribution >= 0.6 is 0 Å². The standard InChI is InChI=1S/C17H34N8O5/c1-10(19)14(27)25-11(6-4-8-22-17(20)21)15(28)23-9-13(26)24-12(16(29)30)5-2-3-7-18/h10-12H,2-9,18-19H2,1H3,(H,23,28)(H,24,26)(H,25,27)(H,29,30)(H4,20,21,22). The second kappa shape index (κ2) is 15.0. The molecule has 3 amide bonds. The molecule has 0 aliphatic heterocycles. The molecule has 0 saturated carbocycles. The molecule has 13 heteroatoms. The maximum atomic E-state index is 12.4. The van der Waals surface area contributed by atoms with Crippen molar-refractivity contribution in [2.24, 2.45) is 27.9 Å². The number of nitrogens with zero attached hydrogens (tertiary/aromatic N) is 1. The third-order valence-electron chi connectivity index (χ3n) is 4.00. The van der Waals surface area contributed by atoms with Gasteiger partial charge in [0.15, 0.2) is 5.96 Å². The van der Waals surface area contributed by atoms with Crippen molar-refractivity contribution < 1.29 is 24.3 Å². The fourth-order valence-electron chi connectivity index (χ4n) is 2.36. The molecule has 3 atom stereocenters. The Morgan fingerprint density at radius 3 is 2.13 bits per heavy atom. The Bertz CT molecular complexity index is 607. The minimum absolute atomic E-state index is 0.0910. The van der Waals surface area contributed by atoms with Gasteiger partial charge in [-0.15, -0.1) is 0 Å². The van der Waals surface area contributed by atoms with Crippen LogP contribution in [0.15, 0.2) is 4.99 Å². The Labute approximate surface area is 175 Å². The fraction of sp³-hybridized carbons (Fsp3) is 0.706. The van der Waals surface area contributed by atoms with Crippen molar-refractivity contribution in [3.8, 4) is 0 Å². The summed E-state index contributed by atoms with van der Waals surface area (Å²) >= 11 is 0. The molecular weight excluding hydrogens is 396 g/mol. The van der Waals surface area contributed by atoms with Gasteiger partial charge in [0.2, 0.25) is 17.7 Å². The van der Waals surface area contributed by atoms with Gasteiger partial charge in [-0.05, 0) is 45.6 Å². The number of aliphatic carboxylic acids is 1. The number of carboxylic acids is 1. The summed E-state index contributed by atoms with van der Waals surface area (Å²) in [5.74, 6) is -3.08. The predicted octanol–water partition coefficient (Wildman–Crippen LogP) is -3.31. The van der Waals surface area contributed by atoms with E-state index in [9.17, 15) is 24.3 Å². The Balaban J connectivity index is 4.74. The van der Waals surface area contributed by atoms with Crippen LogP contribution in [-0.2, 0) is 19.2 Å². The van der Waals surface area contributed by atoms with Crippen LogP contribution in [0, 0.1) is 0 Å². The van der Waals surface area contributed by atoms with Gasteiger partial charge in [-0.2, -0.15) is 0 Å². The molecule has 3 unspecified atom stereocenters. The molecule has 0 aromatic carbocycles. The van der Waals surface area contributed by atoms with Crippen LogP contribution in [0.25, 0.3) is 0 Å². The average Bonchev–Trinajstić information content (AvgIpc) is 2.67. The van der Waals surface area contributed by atoms with E-state index in [1.807, 2.05) is 0 Å². The lowest BCUT2D eigenvalue weighted by Crippen LogP contribution is -2.53. The van der Waals surface area contributed by atoms with Gasteiger partial charge in [0, 0.05) is 6.54 Å². The third-order valence-corrected chi connectivity index (χ3v) is 4.00. The Hall–Kier alpha value is -2.93. The van der Waals surface area contributed by atoms with Crippen LogP contribution in [0.1, 0.15) is 39.0 Å². The molecule has 0 spiro atoms. The highest BCUT2D eigenvalue weighted by Gasteiger charge is 2.24. The lowest BCUT2D eigenvalue weighted by atomic mass is 10.1. The molecule has 0 saturated heterocycles. The van der Waals surface area contributed by atoms with Gasteiger partial charge in [0.05, 0.1) is 12.6 Å². The van der Waals surface area contributed by atoms with Gasteiger partial charge in [-0.1, -0.05) is 0 Å². The summed E-state index contributed by atoms with van der Waals surface area (Å²) in [6.45, 7) is 1.70. The molecule has 0 rings (SSSR count). The van der Waals surface area contributed by atoms with Crippen molar-refractivity contribution >= 4 is 29.7 Å². The molecule has 0 aliphatic carbocycles. The summed E-state index contributed by atoms with van der Waals surface area (Å²) in [7, 11) is 0. The molecule has 0 aromatic rings. The predicted molar refractivity (Wildman–Crippen MR) is 111 cm³/mol. The molecule has 12 N–H and O–H groups in total. The molecule has 0 bridgehead atoms. The van der Waals surface area contributed by atoms with Gasteiger partial charge < -0.3 is 44.0 Å². The molecule has 0 fully saturated rings. The van der Waals surface area contributed by atoms with Crippen molar-refractivity contribution in [2.45, 2.75) is 57.2 Å². The normalized spacial score (nSPS) is 13.4.